The molecule has 0 bridgehead atoms. The van der Waals surface area contributed by atoms with Gasteiger partial charge in [0.05, 0.1) is 17.7 Å². The monoisotopic (exact) mass is 346 g/mol. The van der Waals surface area contributed by atoms with Crippen LogP contribution in [0.25, 0.3) is 5.65 Å². The molecule has 0 atom stereocenters. The van der Waals surface area contributed by atoms with E-state index in [0.29, 0.717) is 21.9 Å². The van der Waals surface area contributed by atoms with Gasteiger partial charge >= 0.3 is 0 Å². The van der Waals surface area contributed by atoms with E-state index in [2.05, 4.69) is 10.3 Å². The molecule has 0 aliphatic rings. The van der Waals surface area contributed by atoms with Crippen LogP contribution in [0.4, 0.5) is 9.39 Å². The molecular weight excluding hydrogens is 331 g/mol. The van der Waals surface area contributed by atoms with Gasteiger partial charge in [-0.3, -0.25) is 9.59 Å². The summed E-state index contributed by atoms with van der Waals surface area (Å²) in [6.45, 7) is 3.65. The first-order valence-corrected chi connectivity index (χ1v) is 7.99. The minimum absolute atomic E-state index is 0.0114. The predicted octanol–water partition coefficient (Wildman–Crippen LogP) is 2.43. The Bertz CT molecular complexity index is 961. The van der Waals surface area contributed by atoms with Gasteiger partial charge in [-0.15, -0.1) is 11.3 Å². The van der Waals surface area contributed by atoms with Gasteiger partial charge in [0.25, 0.3) is 5.91 Å². The molecule has 0 saturated heterocycles. The molecule has 0 aromatic carbocycles. The lowest BCUT2D eigenvalue weighted by Gasteiger charge is -2.03. The predicted molar refractivity (Wildman–Crippen MR) is 89.8 cm³/mol. The van der Waals surface area contributed by atoms with Crippen molar-refractivity contribution < 1.29 is 14.0 Å². The number of nitrogens with zero attached hydrogens (tertiary/aromatic N) is 2. The van der Waals surface area contributed by atoms with Crippen molar-refractivity contribution >= 4 is 33.8 Å². The van der Waals surface area contributed by atoms with E-state index in [4.69, 9.17) is 5.73 Å². The van der Waals surface area contributed by atoms with E-state index in [-0.39, 0.29) is 18.1 Å². The van der Waals surface area contributed by atoms with Gasteiger partial charge in [-0.25, -0.2) is 9.37 Å². The third kappa shape index (κ3) is 3.00. The van der Waals surface area contributed by atoms with E-state index < -0.39 is 5.91 Å². The Labute approximate surface area is 141 Å². The Morgan fingerprint density at radius 3 is 2.79 bits per heavy atom. The minimum atomic E-state index is -0.574. The molecule has 0 spiro atoms. The maximum atomic E-state index is 13.2. The summed E-state index contributed by atoms with van der Waals surface area (Å²) in [6.07, 6.45) is 2.90. The van der Waals surface area contributed by atoms with Crippen LogP contribution in [-0.2, 0) is 11.2 Å². The maximum absolute atomic E-state index is 13.2. The Morgan fingerprint density at radius 1 is 1.33 bits per heavy atom. The summed E-state index contributed by atoms with van der Waals surface area (Å²) >= 11 is 1.31. The standard InChI is InChI=1S/C16H15FN4O2S/c1-8-9(2)24-16(14(8)15(18)23)20-13(22)5-11-7-21-6-10(17)3-4-12(21)19-11/h3-4,6-7H,5H2,1-2H3,(H2,18,23)(H,20,22). The summed E-state index contributed by atoms with van der Waals surface area (Å²) in [5.41, 5.74) is 7.55. The topological polar surface area (TPSA) is 89.5 Å². The molecule has 0 aliphatic carbocycles. The van der Waals surface area contributed by atoms with Crippen LogP contribution >= 0.6 is 11.3 Å². The zero-order chi connectivity index (χ0) is 17.4. The molecule has 6 nitrogen and oxygen atoms in total. The second-order valence-corrected chi connectivity index (χ2v) is 6.65. The Balaban J connectivity index is 1.80. The second-order valence-electron chi connectivity index (χ2n) is 5.42. The summed E-state index contributed by atoms with van der Waals surface area (Å²) < 4.78 is 14.7. The zero-order valence-electron chi connectivity index (χ0n) is 13.1. The number of fused-ring (bicyclic) bond motifs is 1. The molecule has 0 unspecified atom stereocenters. The van der Waals surface area contributed by atoms with Crippen molar-refractivity contribution in [2.24, 2.45) is 5.73 Å². The summed E-state index contributed by atoms with van der Waals surface area (Å²) in [7, 11) is 0. The Morgan fingerprint density at radius 2 is 2.08 bits per heavy atom. The Kier molecular flexibility index (Phi) is 4.06. The van der Waals surface area contributed by atoms with E-state index in [1.165, 1.54) is 34.1 Å². The van der Waals surface area contributed by atoms with Crippen molar-refractivity contribution in [3.63, 3.8) is 0 Å². The quantitative estimate of drug-likeness (QED) is 0.760. The van der Waals surface area contributed by atoms with Crippen molar-refractivity contribution in [2.45, 2.75) is 20.3 Å². The zero-order valence-corrected chi connectivity index (χ0v) is 13.9. The molecule has 3 N–H and O–H groups in total. The molecular formula is C16H15FN4O2S. The molecule has 0 saturated carbocycles. The van der Waals surface area contributed by atoms with Gasteiger partial charge in [-0.05, 0) is 31.5 Å². The van der Waals surface area contributed by atoms with Gasteiger partial charge in [0.1, 0.15) is 16.5 Å². The van der Waals surface area contributed by atoms with Gasteiger partial charge in [-0.1, -0.05) is 0 Å². The molecule has 8 heteroatoms. The fraction of sp³-hybridized carbons (Fsp3) is 0.188. The van der Waals surface area contributed by atoms with Crippen molar-refractivity contribution in [1.82, 2.24) is 9.38 Å². The number of nitrogens with two attached hydrogens (primary N) is 1. The molecule has 3 rings (SSSR count). The lowest BCUT2D eigenvalue weighted by molar-refractivity contribution is -0.115. The molecule has 2 amide bonds. The van der Waals surface area contributed by atoms with Crippen molar-refractivity contribution in [1.29, 1.82) is 0 Å². The second kappa shape index (κ2) is 6.04. The van der Waals surface area contributed by atoms with E-state index in [1.807, 2.05) is 6.92 Å². The number of hydrogen-bond acceptors (Lipinski definition) is 4. The number of anilines is 1. The van der Waals surface area contributed by atoms with Gasteiger partial charge < -0.3 is 15.5 Å². The fourth-order valence-corrected chi connectivity index (χ4v) is 3.53. The number of amides is 2. The number of aromatic nitrogens is 2. The summed E-state index contributed by atoms with van der Waals surface area (Å²) in [5.74, 6) is -1.27. The first-order chi connectivity index (χ1) is 11.3. The number of halogens is 1. The number of rotatable bonds is 4. The van der Waals surface area contributed by atoms with Crippen LogP contribution in [0.3, 0.4) is 0 Å². The normalized spacial score (nSPS) is 11.0. The minimum Gasteiger partial charge on any atom is -0.365 e. The van der Waals surface area contributed by atoms with E-state index in [0.717, 1.165) is 10.4 Å². The molecule has 3 aromatic heterocycles. The number of hydrogen-bond donors (Lipinski definition) is 2. The average molecular weight is 346 g/mol. The van der Waals surface area contributed by atoms with Crippen molar-refractivity contribution in [2.75, 3.05) is 5.32 Å². The van der Waals surface area contributed by atoms with Crippen LogP contribution in [0.2, 0.25) is 0 Å². The SMILES string of the molecule is Cc1sc(NC(=O)Cc2cn3cc(F)ccc3n2)c(C(N)=O)c1C. The maximum Gasteiger partial charge on any atom is 0.251 e. The van der Waals surface area contributed by atoms with E-state index >= 15 is 0 Å². The highest BCUT2D eigenvalue weighted by molar-refractivity contribution is 7.16. The van der Waals surface area contributed by atoms with Gasteiger partial charge in [0.2, 0.25) is 5.91 Å². The van der Waals surface area contributed by atoms with Crippen LogP contribution in [-0.4, -0.2) is 21.2 Å². The van der Waals surface area contributed by atoms with E-state index in [9.17, 15) is 14.0 Å². The lowest BCUT2D eigenvalue weighted by Crippen LogP contribution is -2.18. The highest BCUT2D eigenvalue weighted by atomic mass is 32.1. The third-order valence-electron chi connectivity index (χ3n) is 3.69. The van der Waals surface area contributed by atoms with Crippen LogP contribution in [0.15, 0.2) is 24.5 Å². The van der Waals surface area contributed by atoms with Crippen molar-refractivity contribution in [3.05, 3.63) is 52.0 Å². The highest BCUT2D eigenvalue weighted by Crippen LogP contribution is 2.32. The van der Waals surface area contributed by atoms with Crippen LogP contribution in [0.5, 0.6) is 0 Å². The lowest BCUT2D eigenvalue weighted by atomic mass is 10.1. The smallest absolute Gasteiger partial charge is 0.251 e. The largest absolute Gasteiger partial charge is 0.365 e. The molecule has 0 radical (unpaired) electrons. The first kappa shape index (κ1) is 16.1. The number of primary amides is 1. The molecule has 0 fully saturated rings. The number of carbonyl (C=O) groups is 2. The van der Waals surface area contributed by atoms with Crippen LogP contribution in [0, 0.1) is 19.7 Å². The van der Waals surface area contributed by atoms with Crippen LogP contribution in [0.1, 0.15) is 26.5 Å². The average Bonchev–Trinajstić information content (AvgIpc) is 2.99. The molecule has 0 aliphatic heterocycles. The Hall–Kier alpha value is -2.74. The molecule has 24 heavy (non-hydrogen) atoms. The molecule has 124 valence electrons. The molecule has 3 heterocycles. The third-order valence-corrected chi connectivity index (χ3v) is 4.81. The van der Waals surface area contributed by atoms with Crippen LogP contribution < -0.4 is 11.1 Å². The van der Waals surface area contributed by atoms with Crippen molar-refractivity contribution in [3.8, 4) is 0 Å². The number of thiophene rings is 1. The highest BCUT2D eigenvalue weighted by Gasteiger charge is 2.19. The fourth-order valence-electron chi connectivity index (χ4n) is 2.45. The van der Waals surface area contributed by atoms with Gasteiger partial charge in [-0.2, -0.15) is 0 Å². The summed E-state index contributed by atoms with van der Waals surface area (Å²) in [4.78, 5) is 29.0. The number of carbonyl (C=O) groups excluding carboxylic acids is 2. The number of nitrogens with one attached hydrogen (secondary N) is 1. The number of imidazole rings is 1. The summed E-state index contributed by atoms with van der Waals surface area (Å²) in [5, 5.41) is 3.16. The van der Waals surface area contributed by atoms with Gasteiger partial charge in [0, 0.05) is 17.3 Å². The number of aryl methyl sites for hydroxylation is 1. The first-order valence-electron chi connectivity index (χ1n) is 7.18. The van der Waals surface area contributed by atoms with E-state index in [1.54, 1.807) is 13.1 Å². The summed E-state index contributed by atoms with van der Waals surface area (Å²) in [6, 6.07) is 2.84. The number of pyridine rings is 1. The van der Waals surface area contributed by atoms with Gasteiger partial charge in [0.15, 0.2) is 0 Å². The molecule has 3 aromatic rings.